The first-order valence-electron chi connectivity index (χ1n) is 51.0. The highest BCUT2D eigenvalue weighted by atomic mass is 16.6. The van der Waals surface area contributed by atoms with Crippen LogP contribution in [0.2, 0.25) is 0 Å². The molecule has 772 valence electrons. The molecular weight excluding hydrogens is 1760 g/mol. The predicted octanol–water partition coefficient (Wildman–Crippen LogP) is 3.05. The third-order valence-electron chi connectivity index (χ3n) is 27.6. The quantitative estimate of drug-likeness (QED) is 0.0675. The van der Waals surface area contributed by atoms with Crippen molar-refractivity contribution in [3.8, 4) is 0 Å². The summed E-state index contributed by atoms with van der Waals surface area (Å²) in [5.74, 6) is -6.99. The molecule has 1 N–H and O–H groups in total. The summed E-state index contributed by atoms with van der Waals surface area (Å²) >= 11 is 0. The van der Waals surface area contributed by atoms with Crippen LogP contribution in [0.3, 0.4) is 0 Å². The average Bonchev–Trinajstić information content (AvgIpc) is 0.858. The number of carbonyl (C=O) groups excluding carboxylic acids is 16. The Balaban J connectivity index is 1.19. The van der Waals surface area contributed by atoms with Crippen molar-refractivity contribution in [1.82, 2.24) is 83.7 Å². The van der Waals surface area contributed by atoms with E-state index in [2.05, 4.69) is 39.6 Å². The first kappa shape index (κ1) is 114. The monoisotopic (exact) mass is 1920 g/mol. The maximum absolute atomic E-state index is 15.3. The van der Waals surface area contributed by atoms with E-state index >= 15 is 19.2 Å². The van der Waals surface area contributed by atoms with Crippen LogP contribution in [0.4, 0.5) is 0 Å². The maximum atomic E-state index is 15.3. The summed E-state index contributed by atoms with van der Waals surface area (Å²) in [7, 11) is 12.0. The van der Waals surface area contributed by atoms with Crippen molar-refractivity contribution in [1.29, 1.82) is 0 Å². The van der Waals surface area contributed by atoms with E-state index in [1.54, 1.807) is 54.2 Å². The summed E-state index contributed by atoms with van der Waals surface area (Å²) in [5, 5.41) is 2.80. The Morgan fingerprint density at radius 3 is 0.625 bits per heavy atom. The van der Waals surface area contributed by atoms with Crippen molar-refractivity contribution >= 4 is 94.9 Å². The Kier molecular flexibility index (Phi) is 52.3. The third kappa shape index (κ3) is 43.3. The molecule has 0 aliphatic carbocycles. The summed E-state index contributed by atoms with van der Waals surface area (Å²) in [6.07, 6.45) is 4.58. The van der Waals surface area contributed by atoms with Crippen molar-refractivity contribution in [2.45, 2.75) is 257 Å². The topological polar surface area (TPSA) is 392 Å². The van der Waals surface area contributed by atoms with Gasteiger partial charge in [0.15, 0.2) is 0 Å². The zero-order valence-corrected chi connectivity index (χ0v) is 84.2. The summed E-state index contributed by atoms with van der Waals surface area (Å²) < 4.78 is 35.6. The number of carbonyl (C=O) groups is 16. The lowest BCUT2D eigenvalue weighted by Crippen LogP contribution is -2.50. The summed E-state index contributed by atoms with van der Waals surface area (Å²) in [4.78, 5) is 254. The fraction of sp³-hybridized carbons (Fsp3) is 0.835. The minimum Gasteiger partial charge on any atom is -0.462 e. The first-order chi connectivity index (χ1) is 65.2. The Hall–Kier alpha value is -8.76. The zero-order valence-electron chi connectivity index (χ0n) is 84.2. The Bertz CT molecular complexity index is 3740. The van der Waals surface area contributed by atoms with Crippen molar-refractivity contribution in [2.24, 2.45) is 5.92 Å². The molecule has 0 aromatic carbocycles. The third-order valence-corrected chi connectivity index (χ3v) is 27.6. The van der Waals surface area contributed by atoms with Crippen LogP contribution in [0.15, 0.2) is 0 Å². The van der Waals surface area contributed by atoms with E-state index < -0.39 is 53.5 Å². The molecule has 7 saturated heterocycles. The Morgan fingerprint density at radius 2 is 0.419 bits per heavy atom. The van der Waals surface area contributed by atoms with E-state index in [1.165, 1.54) is 24.5 Å². The molecule has 39 nitrogen and oxygen atoms in total. The number of nitrogens with one attached hydrogen (secondary N) is 1. The molecule has 10 amide bonds. The zero-order chi connectivity index (χ0) is 99.0. The molecule has 7 rings (SSSR count). The SMILES string of the molecule is CCC(=O)NCCN(CCN(CCN(CCN(CCN(CCN(CCN(CCN(CCN(CCN1CCC(C(=O)OC2CCN(C)CC2)CC1)C(=O)CCC(=O)OC1CCN(C)CC1)C(=O)CCC(=O)OC1CCN(C)CC1)C(=O)CCC(=O)OC1CCN(C)CC1)C(=O)CCC(=O)OC1CCN(C)CC1)C(=O)CCC(=O)OC1CCN(C)CC1)C(=O)CC)C(=O)CC)C(=O)CC)C(=O)CC. The highest BCUT2D eigenvalue weighted by Gasteiger charge is 2.35. The van der Waals surface area contributed by atoms with E-state index in [9.17, 15) is 57.5 Å². The van der Waals surface area contributed by atoms with Gasteiger partial charge in [-0.2, -0.15) is 0 Å². The molecule has 7 fully saturated rings. The van der Waals surface area contributed by atoms with Crippen LogP contribution < -0.4 is 5.32 Å². The Labute approximate surface area is 808 Å². The predicted molar refractivity (Wildman–Crippen MR) is 509 cm³/mol. The van der Waals surface area contributed by atoms with Gasteiger partial charge in [-0.15, -0.1) is 0 Å². The second-order valence-electron chi connectivity index (χ2n) is 38.1. The minimum absolute atomic E-state index is 0.00740. The van der Waals surface area contributed by atoms with Gasteiger partial charge in [0, 0.05) is 274 Å². The second kappa shape index (κ2) is 62.3. The number of amides is 10. The average molecular weight is 1920 g/mol. The fourth-order valence-electron chi connectivity index (χ4n) is 18.1. The molecule has 0 saturated carbocycles. The molecule has 0 radical (unpaired) electrons. The normalized spacial score (nSPS) is 17.8. The summed E-state index contributed by atoms with van der Waals surface area (Å²) in [5.41, 5.74) is 0. The molecule has 0 aromatic rings. The molecule has 0 spiro atoms. The van der Waals surface area contributed by atoms with Crippen LogP contribution in [-0.2, 0) is 105 Å². The van der Waals surface area contributed by atoms with Crippen molar-refractivity contribution in [3.63, 3.8) is 0 Å². The Morgan fingerprint density at radius 1 is 0.228 bits per heavy atom. The van der Waals surface area contributed by atoms with Crippen LogP contribution in [-0.4, -0.2) is 475 Å². The highest BCUT2D eigenvalue weighted by molar-refractivity contribution is 5.86. The summed E-state index contributed by atoms with van der Waals surface area (Å²) in [6, 6.07) is 0. The number of likely N-dealkylation sites (tertiary alicyclic amines) is 7. The van der Waals surface area contributed by atoms with E-state index in [1.807, 2.05) is 42.3 Å². The molecule has 0 bridgehead atoms. The van der Waals surface area contributed by atoms with E-state index in [-0.39, 0.29) is 305 Å². The molecular formula is C97H167N17O22. The van der Waals surface area contributed by atoms with Crippen molar-refractivity contribution in [3.05, 3.63) is 0 Å². The number of ether oxygens (including phenoxy) is 6. The molecule has 7 aliphatic heterocycles. The lowest BCUT2D eigenvalue weighted by molar-refractivity contribution is -0.158. The molecule has 7 aliphatic rings. The summed E-state index contributed by atoms with van der Waals surface area (Å²) in [6.45, 7) is 18.3. The fourth-order valence-corrected chi connectivity index (χ4v) is 18.1. The molecule has 0 aromatic heterocycles. The van der Waals surface area contributed by atoms with E-state index in [4.69, 9.17) is 28.4 Å². The van der Waals surface area contributed by atoms with Gasteiger partial charge in [0.25, 0.3) is 0 Å². The highest BCUT2D eigenvalue weighted by Crippen LogP contribution is 2.25. The van der Waals surface area contributed by atoms with Crippen LogP contribution in [0, 0.1) is 5.92 Å². The number of hydrogen-bond donors (Lipinski definition) is 1. The lowest BCUT2D eigenvalue weighted by atomic mass is 9.96. The van der Waals surface area contributed by atoms with E-state index in [0.29, 0.717) is 149 Å². The van der Waals surface area contributed by atoms with Gasteiger partial charge in [-0.1, -0.05) is 34.6 Å². The van der Waals surface area contributed by atoms with Crippen LogP contribution >= 0.6 is 0 Å². The number of esters is 6. The number of nitrogens with zero attached hydrogens (tertiary/aromatic N) is 16. The first-order valence-corrected chi connectivity index (χ1v) is 51.0. The maximum Gasteiger partial charge on any atom is 0.309 e. The van der Waals surface area contributed by atoms with Gasteiger partial charge < -0.3 is 112 Å². The number of rotatable bonds is 57. The molecule has 7 heterocycles. The van der Waals surface area contributed by atoms with Gasteiger partial charge in [-0.25, -0.2) is 0 Å². The number of hydrogen-bond acceptors (Lipinski definition) is 29. The smallest absolute Gasteiger partial charge is 0.309 e. The molecule has 136 heavy (non-hydrogen) atoms. The van der Waals surface area contributed by atoms with Gasteiger partial charge in [-0.3, -0.25) is 76.7 Å². The molecule has 0 unspecified atom stereocenters. The van der Waals surface area contributed by atoms with Gasteiger partial charge >= 0.3 is 35.8 Å². The lowest BCUT2D eigenvalue weighted by Gasteiger charge is -2.35. The standard InChI is InChI=1S/C97H167N17O22/c1-12-82(115)98-41-56-106(83(116)13-2)59-60-107(84(117)14-3)61-62-108(85(118)15-4)63-64-109(86(119)16-5)65-66-111(88(121)18-23-93(126)132-77-31-44-100(7)45-32-77)69-70-113(90(123)20-25-95(128)134-79-35-48-102(9)49-36-79)73-74-114(91(124)21-26-96(129)135-80-37-50-103(10)51-38-80)72-71-112(89(122)19-24-94(127)133-78-33-46-101(8)47-34-78)68-67-110(87(120)17-22-92(125)131-76-29-42-99(6)43-30-76)58-57-105-54-27-75(28-55-105)97(130)136-81-39-52-104(11)53-40-81/h75-81H,12-74H2,1-11H3,(H,98,115). The van der Waals surface area contributed by atoms with Crippen molar-refractivity contribution in [2.75, 3.05) is 265 Å². The molecule has 0 atom stereocenters. The second-order valence-corrected chi connectivity index (χ2v) is 38.1. The number of piperidine rings is 7. The van der Waals surface area contributed by atoms with Gasteiger partial charge in [0.1, 0.15) is 36.6 Å². The van der Waals surface area contributed by atoms with Crippen LogP contribution in [0.1, 0.15) is 221 Å². The van der Waals surface area contributed by atoms with Gasteiger partial charge in [0.2, 0.25) is 59.1 Å². The van der Waals surface area contributed by atoms with Gasteiger partial charge in [0.05, 0.1) is 38.0 Å². The molecule has 39 heteroatoms. The minimum atomic E-state index is -0.604. The van der Waals surface area contributed by atoms with Gasteiger partial charge in [-0.05, 0) is 145 Å². The van der Waals surface area contributed by atoms with Crippen LogP contribution in [0.25, 0.3) is 0 Å². The largest absolute Gasteiger partial charge is 0.462 e. The van der Waals surface area contributed by atoms with Crippen LogP contribution in [0.5, 0.6) is 0 Å². The van der Waals surface area contributed by atoms with Crippen molar-refractivity contribution < 1.29 is 105 Å². The van der Waals surface area contributed by atoms with E-state index in [0.717, 1.165) is 39.0 Å².